The number of ether oxygens (including phenoxy) is 3. The Labute approximate surface area is 217 Å². The zero-order chi connectivity index (χ0) is 27.0. The van der Waals surface area contributed by atoms with Gasteiger partial charge in [-0.05, 0) is 51.8 Å². The van der Waals surface area contributed by atoms with Crippen molar-refractivity contribution in [3.05, 3.63) is 36.4 Å². The number of hydrogen-bond acceptors (Lipinski definition) is 8. The molecule has 4 heterocycles. The van der Waals surface area contributed by atoms with Crippen molar-refractivity contribution in [1.82, 2.24) is 24.6 Å². The van der Waals surface area contributed by atoms with Gasteiger partial charge in [-0.25, -0.2) is 18.6 Å². The Kier molecular flexibility index (Phi) is 6.91. The molecule has 0 spiro atoms. The first-order valence-corrected chi connectivity index (χ1v) is 12.3. The summed E-state index contributed by atoms with van der Waals surface area (Å²) in [6, 6.07) is 4.74. The van der Waals surface area contributed by atoms with Crippen molar-refractivity contribution in [3.8, 4) is 17.0 Å². The molecule has 0 N–H and O–H groups in total. The van der Waals surface area contributed by atoms with Crippen LogP contribution in [0.2, 0.25) is 0 Å². The van der Waals surface area contributed by atoms with Gasteiger partial charge in [0.2, 0.25) is 0 Å². The molecule has 1 saturated heterocycles. The average molecular weight is 530 g/mol. The molecule has 0 aliphatic carbocycles. The van der Waals surface area contributed by atoms with Crippen molar-refractivity contribution in [1.29, 1.82) is 0 Å². The fourth-order valence-corrected chi connectivity index (χ4v) is 4.73. The fraction of sp³-hybridized carbons (Fsp3) is 0.462. The number of amides is 1. The molecule has 1 aromatic carbocycles. The molecule has 1 aliphatic rings. The van der Waals surface area contributed by atoms with Crippen molar-refractivity contribution in [3.63, 3.8) is 0 Å². The van der Waals surface area contributed by atoms with E-state index in [1.54, 1.807) is 27.7 Å². The van der Waals surface area contributed by atoms with Crippen LogP contribution in [0.25, 0.3) is 33.4 Å². The number of carbonyl (C=O) groups excluding carboxylic acids is 1. The molecular formula is C26H29F2N5O5. The van der Waals surface area contributed by atoms with Crippen LogP contribution >= 0.6 is 0 Å². The van der Waals surface area contributed by atoms with E-state index in [4.69, 9.17) is 18.6 Å². The summed E-state index contributed by atoms with van der Waals surface area (Å²) in [5.74, 6) is 0.299. The molecule has 1 fully saturated rings. The lowest BCUT2D eigenvalue weighted by Gasteiger charge is -2.34. The van der Waals surface area contributed by atoms with Crippen LogP contribution in [0.15, 0.2) is 35.2 Å². The maximum absolute atomic E-state index is 14.6. The molecule has 0 saturated carbocycles. The number of fused-ring (bicyclic) bond motifs is 2. The van der Waals surface area contributed by atoms with Crippen molar-refractivity contribution in [2.24, 2.45) is 0 Å². The quantitative estimate of drug-likeness (QED) is 0.292. The highest BCUT2D eigenvalue weighted by atomic mass is 19.3. The monoisotopic (exact) mass is 529 g/mol. The smallest absolute Gasteiger partial charge is 0.410 e. The molecule has 1 atom stereocenters. The fourth-order valence-electron chi connectivity index (χ4n) is 4.73. The molecule has 12 heteroatoms. The van der Waals surface area contributed by atoms with Crippen LogP contribution in [0, 0.1) is 0 Å². The summed E-state index contributed by atoms with van der Waals surface area (Å²) in [5.41, 5.74) is 0.121. The Morgan fingerprint density at radius 2 is 2.05 bits per heavy atom. The highest BCUT2D eigenvalue weighted by Gasteiger charge is 2.31. The van der Waals surface area contributed by atoms with E-state index in [0.29, 0.717) is 35.4 Å². The van der Waals surface area contributed by atoms with Crippen molar-refractivity contribution < 1.29 is 32.2 Å². The van der Waals surface area contributed by atoms with Gasteiger partial charge < -0.3 is 28.1 Å². The predicted octanol–water partition coefficient (Wildman–Crippen LogP) is 5.73. The van der Waals surface area contributed by atoms with Gasteiger partial charge in [-0.2, -0.15) is 0 Å². The number of furan rings is 1. The second kappa shape index (κ2) is 10.2. The van der Waals surface area contributed by atoms with Crippen LogP contribution in [-0.2, 0) is 9.47 Å². The van der Waals surface area contributed by atoms with Gasteiger partial charge in [0.15, 0.2) is 12.4 Å². The number of imidazole rings is 1. The lowest BCUT2D eigenvalue weighted by atomic mass is 10.0. The number of hydrogen-bond donors (Lipinski definition) is 0. The molecule has 1 amide bonds. The molecule has 3 aromatic heterocycles. The number of halogens is 2. The topological polar surface area (TPSA) is 105 Å². The third kappa shape index (κ3) is 4.87. The molecule has 0 unspecified atom stereocenters. The lowest BCUT2D eigenvalue weighted by Crippen LogP contribution is -2.43. The van der Waals surface area contributed by atoms with Gasteiger partial charge in [-0.15, -0.1) is 10.2 Å². The van der Waals surface area contributed by atoms with Gasteiger partial charge in [0.05, 0.1) is 29.6 Å². The van der Waals surface area contributed by atoms with E-state index in [1.807, 2.05) is 20.8 Å². The number of carbonyl (C=O) groups is 1. The minimum Gasteiger partial charge on any atom is -0.466 e. The Balaban J connectivity index is 1.55. The Bertz CT molecular complexity index is 1460. The standard InChI is InChI=1S/C26H29F2N5O5/c1-26(2,3)38-25(34)32-10-5-6-15(12-32)33-13-29-21-19(23(27)28)20(30-31-24(21)33)17-7-8-18-16(9-11-36-18)22(17)37-14-35-4/h7-9,11,13,15,23H,5-6,10,12,14H2,1-4H3/t15-/m1/s1. The number of alkyl halides is 2. The van der Waals surface area contributed by atoms with Gasteiger partial charge >= 0.3 is 6.09 Å². The van der Waals surface area contributed by atoms with Crippen LogP contribution in [0.3, 0.4) is 0 Å². The Morgan fingerprint density at radius 3 is 2.79 bits per heavy atom. The first-order valence-electron chi connectivity index (χ1n) is 12.3. The molecule has 0 radical (unpaired) electrons. The minimum atomic E-state index is -2.88. The molecular weight excluding hydrogens is 500 g/mol. The van der Waals surface area contributed by atoms with E-state index in [0.717, 1.165) is 12.8 Å². The van der Waals surface area contributed by atoms with Crippen LogP contribution in [0.5, 0.6) is 5.75 Å². The summed E-state index contributed by atoms with van der Waals surface area (Å²) in [6.07, 6.45) is 1.13. The van der Waals surface area contributed by atoms with E-state index < -0.39 is 18.1 Å². The summed E-state index contributed by atoms with van der Waals surface area (Å²) < 4.78 is 52.7. The predicted molar refractivity (Wildman–Crippen MR) is 134 cm³/mol. The largest absolute Gasteiger partial charge is 0.466 e. The number of likely N-dealkylation sites (tertiary alicyclic amines) is 1. The van der Waals surface area contributed by atoms with E-state index in [-0.39, 0.29) is 35.3 Å². The van der Waals surface area contributed by atoms with E-state index in [9.17, 15) is 13.6 Å². The van der Waals surface area contributed by atoms with Crippen LogP contribution in [-0.4, -0.2) is 63.3 Å². The zero-order valence-corrected chi connectivity index (χ0v) is 21.6. The van der Waals surface area contributed by atoms with Gasteiger partial charge in [0.25, 0.3) is 6.43 Å². The van der Waals surface area contributed by atoms with Crippen LogP contribution in [0.4, 0.5) is 13.6 Å². The first kappa shape index (κ1) is 25.8. The Morgan fingerprint density at radius 1 is 1.24 bits per heavy atom. The number of nitrogens with zero attached hydrogens (tertiary/aromatic N) is 5. The Hall–Kier alpha value is -3.80. The number of methoxy groups -OCH3 is 1. The van der Waals surface area contributed by atoms with Gasteiger partial charge in [-0.3, -0.25) is 0 Å². The van der Waals surface area contributed by atoms with E-state index in [2.05, 4.69) is 15.2 Å². The maximum Gasteiger partial charge on any atom is 0.410 e. The van der Waals surface area contributed by atoms with Crippen molar-refractivity contribution >= 4 is 28.2 Å². The summed E-state index contributed by atoms with van der Waals surface area (Å²) >= 11 is 0. The average Bonchev–Trinajstić information content (AvgIpc) is 3.53. The van der Waals surface area contributed by atoms with E-state index in [1.165, 1.54) is 19.7 Å². The SMILES string of the molecule is COCOc1c(-c2nnc3c(ncn3[C@@H]3CCCN(C(=O)OC(C)(C)C)C3)c2C(F)F)ccc2occc12. The third-order valence-electron chi connectivity index (χ3n) is 6.34. The van der Waals surface area contributed by atoms with Crippen LogP contribution < -0.4 is 4.74 Å². The summed E-state index contributed by atoms with van der Waals surface area (Å²) in [6.45, 7) is 6.23. The highest BCUT2D eigenvalue weighted by molar-refractivity contribution is 5.94. The second-order valence-electron chi connectivity index (χ2n) is 10.1. The second-order valence-corrected chi connectivity index (χ2v) is 10.1. The van der Waals surface area contributed by atoms with Crippen molar-refractivity contribution in [2.75, 3.05) is 27.0 Å². The number of rotatable bonds is 6. The molecule has 4 aromatic rings. The van der Waals surface area contributed by atoms with Gasteiger partial charge in [0, 0.05) is 25.8 Å². The normalized spacial score (nSPS) is 16.5. The first-order chi connectivity index (χ1) is 18.2. The van der Waals surface area contributed by atoms with Crippen LogP contribution in [0.1, 0.15) is 51.6 Å². The highest BCUT2D eigenvalue weighted by Crippen LogP contribution is 2.42. The molecule has 5 rings (SSSR count). The maximum atomic E-state index is 14.6. The molecule has 38 heavy (non-hydrogen) atoms. The third-order valence-corrected chi connectivity index (χ3v) is 6.34. The zero-order valence-electron chi connectivity index (χ0n) is 21.6. The number of aromatic nitrogens is 4. The van der Waals surface area contributed by atoms with Gasteiger partial charge in [-0.1, -0.05) is 0 Å². The molecule has 0 bridgehead atoms. The van der Waals surface area contributed by atoms with Crippen molar-refractivity contribution in [2.45, 2.75) is 51.7 Å². The summed E-state index contributed by atoms with van der Waals surface area (Å²) in [4.78, 5) is 18.6. The summed E-state index contributed by atoms with van der Waals surface area (Å²) in [5, 5.41) is 9.16. The lowest BCUT2D eigenvalue weighted by molar-refractivity contribution is 0.0174. The number of piperidine rings is 1. The number of benzene rings is 1. The molecule has 1 aliphatic heterocycles. The minimum absolute atomic E-state index is 0.0361. The van der Waals surface area contributed by atoms with Gasteiger partial charge in [0.1, 0.15) is 28.1 Å². The summed E-state index contributed by atoms with van der Waals surface area (Å²) in [7, 11) is 1.47. The molecule has 10 nitrogen and oxygen atoms in total. The molecule has 202 valence electrons. The van der Waals surface area contributed by atoms with E-state index >= 15 is 0 Å².